The van der Waals surface area contributed by atoms with Crippen LogP contribution in [0.15, 0.2) is 0 Å². The molecule has 2 amide bonds. The molecule has 1 N–H and O–H groups in total. The second-order valence-electron chi connectivity index (χ2n) is 8.43. The molecule has 2 heterocycles. The zero-order valence-corrected chi connectivity index (χ0v) is 15.7. The largest absolute Gasteiger partial charge is 0.481 e. The molecule has 2 aliphatic heterocycles. The molecule has 25 heavy (non-hydrogen) atoms. The van der Waals surface area contributed by atoms with E-state index in [2.05, 4.69) is 0 Å². The minimum atomic E-state index is -0.787. The lowest BCUT2D eigenvalue weighted by atomic mass is 9.80. The van der Waals surface area contributed by atoms with E-state index in [-0.39, 0.29) is 17.9 Å². The molecule has 0 aromatic heterocycles. The van der Waals surface area contributed by atoms with Crippen LogP contribution >= 0.6 is 0 Å². The molecule has 142 valence electrons. The molecular weight excluding hydrogens is 324 g/mol. The zero-order valence-electron chi connectivity index (χ0n) is 15.7. The van der Waals surface area contributed by atoms with Crippen LogP contribution in [-0.2, 0) is 14.3 Å². The Balaban J connectivity index is 1.82. The smallest absolute Gasteiger partial charge is 0.410 e. The fourth-order valence-electron chi connectivity index (χ4n) is 3.33. The molecule has 7 heteroatoms. The van der Waals surface area contributed by atoms with E-state index in [0.29, 0.717) is 51.9 Å². The van der Waals surface area contributed by atoms with Gasteiger partial charge in [0.2, 0.25) is 5.91 Å². The molecule has 0 aromatic carbocycles. The monoisotopic (exact) mass is 354 g/mol. The van der Waals surface area contributed by atoms with Gasteiger partial charge in [-0.3, -0.25) is 9.59 Å². The fourth-order valence-corrected chi connectivity index (χ4v) is 3.33. The van der Waals surface area contributed by atoms with E-state index in [9.17, 15) is 19.5 Å². The second-order valence-corrected chi connectivity index (χ2v) is 8.43. The number of carbonyl (C=O) groups is 3. The van der Waals surface area contributed by atoms with E-state index in [1.54, 1.807) is 16.7 Å². The first-order valence-corrected chi connectivity index (χ1v) is 9.02. The lowest BCUT2D eigenvalue weighted by molar-refractivity contribution is -0.154. The molecule has 0 atom stereocenters. The number of piperidine rings is 2. The van der Waals surface area contributed by atoms with Crippen LogP contribution in [-0.4, -0.2) is 64.7 Å². The number of carboxylic acid groups (broad SMARTS) is 1. The van der Waals surface area contributed by atoms with Gasteiger partial charge in [-0.05, 0) is 53.4 Å². The van der Waals surface area contributed by atoms with Gasteiger partial charge in [0.15, 0.2) is 0 Å². The van der Waals surface area contributed by atoms with Gasteiger partial charge in [-0.1, -0.05) is 0 Å². The maximum Gasteiger partial charge on any atom is 0.410 e. The minimum absolute atomic E-state index is 0.0899. The number of rotatable bonds is 2. The maximum absolute atomic E-state index is 12.7. The highest BCUT2D eigenvalue weighted by molar-refractivity contribution is 5.80. The first-order chi connectivity index (χ1) is 11.5. The number of carboxylic acids is 1. The highest BCUT2D eigenvalue weighted by Gasteiger charge is 2.40. The Labute approximate surface area is 149 Å². The molecule has 2 rings (SSSR count). The van der Waals surface area contributed by atoms with Crippen molar-refractivity contribution in [3.63, 3.8) is 0 Å². The van der Waals surface area contributed by atoms with Gasteiger partial charge in [0, 0.05) is 32.1 Å². The van der Waals surface area contributed by atoms with E-state index in [1.807, 2.05) is 20.8 Å². The highest BCUT2D eigenvalue weighted by Crippen LogP contribution is 2.32. The fraction of sp³-hybridized carbons (Fsp3) is 0.833. The summed E-state index contributed by atoms with van der Waals surface area (Å²) in [5.74, 6) is -0.783. The summed E-state index contributed by atoms with van der Waals surface area (Å²) in [6.07, 6.45) is 1.92. The van der Waals surface area contributed by atoms with Gasteiger partial charge in [-0.15, -0.1) is 0 Å². The summed E-state index contributed by atoms with van der Waals surface area (Å²) in [6.45, 7) is 9.28. The van der Waals surface area contributed by atoms with Crippen LogP contribution in [0.3, 0.4) is 0 Å². The van der Waals surface area contributed by atoms with Crippen molar-refractivity contribution in [1.82, 2.24) is 9.80 Å². The molecule has 0 aromatic rings. The van der Waals surface area contributed by atoms with E-state index in [4.69, 9.17) is 4.74 Å². The predicted octanol–water partition coefficient (Wildman–Crippen LogP) is 2.35. The zero-order chi connectivity index (χ0) is 18.8. The lowest BCUT2D eigenvalue weighted by Gasteiger charge is -2.39. The van der Waals surface area contributed by atoms with Crippen molar-refractivity contribution in [3.8, 4) is 0 Å². The summed E-state index contributed by atoms with van der Waals surface area (Å²) in [4.78, 5) is 39.5. The summed E-state index contributed by atoms with van der Waals surface area (Å²) in [6, 6.07) is 0. The molecule has 2 saturated heterocycles. The molecule has 2 aliphatic rings. The Morgan fingerprint density at radius 3 is 1.96 bits per heavy atom. The standard InChI is InChI=1S/C18H30N2O5/c1-17(2,3)25-16(24)20-9-5-13(6-10-20)14(21)19-11-7-18(4,8-12-19)15(22)23/h13H,5-12H2,1-4H3,(H,22,23). The Kier molecular flexibility index (Phi) is 5.64. The van der Waals surface area contributed by atoms with Crippen molar-refractivity contribution in [2.45, 2.75) is 59.0 Å². The Hall–Kier alpha value is -1.79. The first-order valence-electron chi connectivity index (χ1n) is 9.02. The highest BCUT2D eigenvalue weighted by atomic mass is 16.6. The van der Waals surface area contributed by atoms with Crippen molar-refractivity contribution in [2.75, 3.05) is 26.2 Å². The van der Waals surface area contributed by atoms with Gasteiger partial charge in [0.1, 0.15) is 5.60 Å². The van der Waals surface area contributed by atoms with Gasteiger partial charge < -0.3 is 19.6 Å². The van der Waals surface area contributed by atoms with Crippen molar-refractivity contribution >= 4 is 18.0 Å². The summed E-state index contributed by atoms with van der Waals surface area (Å²) < 4.78 is 5.37. The number of carbonyl (C=O) groups excluding carboxylic acids is 2. The summed E-state index contributed by atoms with van der Waals surface area (Å²) in [5, 5.41) is 9.28. The van der Waals surface area contributed by atoms with Gasteiger partial charge in [-0.2, -0.15) is 0 Å². The van der Waals surface area contributed by atoms with E-state index in [1.165, 1.54) is 0 Å². The number of hydrogen-bond acceptors (Lipinski definition) is 4. The van der Waals surface area contributed by atoms with E-state index in [0.717, 1.165) is 0 Å². The number of hydrogen-bond donors (Lipinski definition) is 1. The average molecular weight is 354 g/mol. The molecule has 0 saturated carbocycles. The normalized spacial score (nSPS) is 21.8. The Bertz CT molecular complexity index is 524. The van der Waals surface area contributed by atoms with Gasteiger partial charge >= 0.3 is 12.1 Å². The maximum atomic E-state index is 12.7. The third-order valence-corrected chi connectivity index (χ3v) is 5.19. The van der Waals surface area contributed by atoms with Crippen molar-refractivity contribution in [1.29, 1.82) is 0 Å². The van der Waals surface area contributed by atoms with Gasteiger partial charge in [0.25, 0.3) is 0 Å². The Morgan fingerprint density at radius 1 is 1.00 bits per heavy atom. The molecular formula is C18H30N2O5. The predicted molar refractivity (Wildman–Crippen MR) is 92.1 cm³/mol. The topological polar surface area (TPSA) is 87.2 Å². The minimum Gasteiger partial charge on any atom is -0.481 e. The van der Waals surface area contributed by atoms with Crippen LogP contribution in [0.2, 0.25) is 0 Å². The van der Waals surface area contributed by atoms with Crippen molar-refractivity contribution < 1.29 is 24.2 Å². The van der Waals surface area contributed by atoms with E-state index < -0.39 is 17.0 Å². The summed E-state index contributed by atoms with van der Waals surface area (Å²) in [7, 11) is 0. The van der Waals surface area contributed by atoms with E-state index >= 15 is 0 Å². The van der Waals surface area contributed by atoms with Gasteiger partial charge in [-0.25, -0.2) is 4.79 Å². The third kappa shape index (κ3) is 4.86. The summed E-state index contributed by atoms with van der Waals surface area (Å²) >= 11 is 0. The average Bonchev–Trinajstić information content (AvgIpc) is 2.53. The number of aliphatic carboxylic acids is 1. The molecule has 0 aliphatic carbocycles. The number of amides is 2. The van der Waals surface area contributed by atoms with Crippen LogP contribution in [0.5, 0.6) is 0 Å². The van der Waals surface area contributed by atoms with Gasteiger partial charge in [0.05, 0.1) is 5.41 Å². The SMILES string of the molecule is CC(C)(C)OC(=O)N1CCC(C(=O)N2CCC(C)(C(=O)O)CC2)CC1. The molecule has 0 radical (unpaired) electrons. The molecule has 0 unspecified atom stereocenters. The lowest BCUT2D eigenvalue weighted by Crippen LogP contribution is -2.49. The van der Waals surface area contributed by atoms with Crippen LogP contribution < -0.4 is 0 Å². The third-order valence-electron chi connectivity index (χ3n) is 5.19. The van der Waals surface area contributed by atoms with Crippen molar-refractivity contribution in [3.05, 3.63) is 0 Å². The molecule has 7 nitrogen and oxygen atoms in total. The first kappa shape index (κ1) is 19.5. The van der Waals surface area contributed by atoms with Crippen LogP contribution in [0.25, 0.3) is 0 Å². The van der Waals surface area contributed by atoms with Crippen molar-refractivity contribution in [2.24, 2.45) is 11.3 Å². The quantitative estimate of drug-likeness (QED) is 0.822. The molecule has 2 fully saturated rings. The number of likely N-dealkylation sites (tertiary alicyclic amines) is 2. The number of nitrogens with zero attached hydrogens (tertiary/aromatic N) is 2. The Morgan fingerprint density at radius 2 is 1.52 bits per heavy atom. The van der Waals surface area contributed by atoms with Crippen LogP contribution in [0, 0.1) is 11.3 Å². The molecule has 0 bridgehead atoms. The van der Waals surface area contributed by atoms with Crippen LogP contribution in [0.4, 0.5) is 4.79 Å². The number of ether oxygens (including phenoxy) is 1. The second kappa shape index (κ2) is 7.22. The molecule has 0 spiro atoms. The van der Waals surface area contributed by atoms with Crippen LogP contribution in [0.1, 0.15) is 53.4 Å². The summed E-state index contributed by atoms with van der Waals surface area (Å²) in [5.41, 5.74) is -1.24.